The topological polar surface area (TPSA) is 49.3 Å². The van der Waals surface area contributed by atoms with Gasteiger partial charge in [0.15, 0.2) is 0 Å². The van der Waals surface area contributed by atoms with Crippen molar-refractivity contribution in [1.82, 2.24) is 15.1 Å². The van der Waals surface area contributed by atoms with Crippen molar-refractivity contribution in [3.63, 3.8) is 0 Å². The van der Waals surface area contributed by atoms with Gasteiger partial charge < -0.3 is 9.80 Å². The smallest absolute Gasteiger partial charge is 0.233 e. The summed E-state index contributed by atoms with van der Waals surface area (Å²) in [4.78, 5) is 16.9. The molecule has 1 aliphatic rings. The van der Waals surface area contributed by atoms with E-state index in [1.807, 2.05) is 23.1 Å². The highest BCUT2D eigenvalue weighted by molar-refractivity contribution is 7.99. The van der Waals surface area contributed by atoms with Gasteiger partial charge in [-0.15, -0.1) is 10.2 Å². The Morgan fingerprint density at radius 2 is 1.67 bits per heavy atom. The van der Waals surface area contributed by atoms with E-state index in [1.165, 1.54) is 28.6 Å². The van der Waals surface area contributed by atoms with Crippen molar-refractivity contribution < 1.29 is 4.79 Å². The average molecular weight is 419 g/mol. The highest BCUT2D eigenvalue weighted by Crippen LogP contribution is 2.23. The fourth-order valence-electron chi connectivity index (χ4n) is 3.53. The molecule has 0 spiro atoms. The van der Waals surface area contributed by atoms with Gasteiger partial charge in [-0.1, -0.05) is 42.1 Å². The number of aryl methyl sites for hydroxylation is 2. The second kappa shape index (κ2) is 9.30. The number of amides is 1. The molecule has 154 valence electrons. The van der Waals surface area contributed by atoms with Crippen molar-refractivity contribution >= 4 is 23.4 Å². The average Bonchev–Trinajstić information content (AvgIpc) is 2.80. The fourth-order valence-corrected chi connectivity index (χ4v) is 4.25. The molecule has 0 aliphatic carbocycles. The third-order valence-electron chi connectivity index (χ3n) is 5.54. The minimum Gasteiger partial charge on any atom is -0.368 e. The third-order valence-corrected chi connectivity index (χ3v) is 6.44. The number of para-hydroxylation sites is 1. The summed E-state index contributed by atoms with van der Waals surface area (Å²) in [7, 11) is 0. The summed E-state index contributed by atoms with van der Waals surface area (Å²) < 4.78 is 0. The first kappa shape index (κ1) is 20.4. The molecule has 1 amide bonds. The number of hydrogen-bond acceptors (Lipinski definition) is 5. The minimum absolute atomic E-state index is 0.160. The molecule has 0 N–H and O–H groups in total. The van der Waals surface area contributed by atoms with Crippen LogP contribution in [0.2, 0.25) is 0 Å². The summed E-state index contributed by atoms with van der Waals surface area (Å²) in [6.07, 6.45) is 0. The maximum absolute atomic E-state index is 12.6. The van der Waals surface area contributed by atoms with Crippen LogP contribution in [0.15, 0.2) is 65.7 Å². The number of rotatable bonds is 5. The third kappa shape index (κ3) is 4.82. The molecule has 1 aliphatic heterocycles. The molecule has 3 aromatic rings. The van der Waals surface area contributed by atoms with Gasteiger partial charge in [-0.3, -0.25) is 4.79 Å². The molecule has 0 saturated carbocycles. The Balaban J connectivity index is 1.28. The zero-order valence-corrected chi connectivity index (χ0v) is 18.2. The zero-order valence-electron chi connectivity index (χ0n) is 17.4. The van der Waals surface area contributed by atoms with Crippen LogP contribution >= 0.6 is 11.8 Å². The van der Waals surface area contributed by atoms with Crippen LogP contribution in [0.25, 0.3) is 11.3 Å². The van der Waals surface area contributed by atoms with Crippen LogP contribution in [-0.4, -0.2) is 52.9 Å². The summed E-state index contributed by atoms with van der Waals surface area (Å²) in [5, 5.41) is 9.44. The summed E-state index contributed by atoms with van der Waals surface area (Å²) in [5.74, 6) is 0.552. The first-order chi connectivity index (χ1) is 14.6. The van der Waals surface area contributed by atoms with Gasteiger partial charge in [-0.25, -0.2) is 0 Å². The van der Waals surface area contributed by atoms with E-state index in [0.717, 1.165) is 42.5 Å². The molecule has 0 bridgehead atoms. The molecule has 30 heavy (non-hydrogen) atoms. The van der Waals surface area contributed by atoms with Crippen molar-refractivity contribution in [2.24, 2.45) is 0 Å². The van der Waals surface area contributed by atoms with Crippen LogP contribution in [0.5, 0.6) is 0 Å². The number of piperazine rings is 1. The molecule has 5 nitrogen and oxygen atoms in total. The van der Waals surface area contributed by atoms with Crippen LogP contribution in [0.3, 0.4) is 0 Å². The summed E-state index contributed by atoms with van der Waals surface area (Å²) in [5.41, 5.74) is 5.64. The number of carbonyl (C=O) groups is 1. The lowest BCUT2D eigenvalue weighted by molar-refractivity contribution is -0.128. The predicted molar refractivity (Wildman–Crippen MR) is 123 cm³/mol. The summed E-state index contributed by atoms with van der Waals surface area (Å²) >= 11 is 1.45. The quantitative estimate of drug-likeness (QED) is 0.581. The number of nitrogens with zero attached hydrogens (tertiary/aromatic N) is 4. The molecule has 4 rings (SSSR count). The maximum atomic E-state index is 12.6. The van der Waals surface area contributed by atoms with E-state index in [1.54, 1.807) is 0 Å². The van der Waals surface area contributed by atoms with Crippen LogP contribution in [0.1, 0.15) is 11.1 Å². The molecule has 1 fully saturated rings. The Morgan fingerprint density at radius 3 is 2.33 bits per heavy atom. The van der Waals surface area contributed by atoms with E-state index in [-0.39, 0.29) is 5.91 Å². The zero-order chi connectivity index (χ0) is 20.9. The van der Waals surface area contributed by atoms with Crippen molar-refractivity contribution in [1.29, 1.82) is 0 Å². The lowest BCUT2D eigenvalue weighted by Gasteiger charge is -2.36. The number of anilines is 1. The van der Waals surface area contributed by atoms with Gasteiger partial charge in [-0.2, -0.15) is 0 Å². The second-order valence-corrected chi connectivity index (χ2v) is 8.54. The Kier molecular flexibility index (Phi) is 6.33. The van der Waals surface area contributed by atoms with Gasteiger partial charge in [0.25, 0.3) is 0 Å². The second-order valence-electron chi connectivity index (χ2n) is 7.55. The van der Waals surface area contributed by atoms with Crippen molar-refractivity contribution in [2.75, 3.05) is 36.8 Å². The number of benzene rings is 2. The van der Waals surface area contributed by atoms with E-state index in [4.69, 9.17) is 0 Å². The van der Waals surface area contributed by atoms with Crippen molar-refractivity contribution in [2.45, 2.75) is 18.9 Å². The van der Waals surface area contributed by atoms with Crippen molar-refractivity contribution in [3.05, 3.63) is 71.8 Å². The van der Waals surface area contributed by atoms with Gasteiger partial charge in [0.2, 0.25) is 5.91 Å². The summed E-state index contributed by atoms with van der Waals surface area (Å²) in [6.45, 7) is 7.44. The normalized spacial score (nSPS) is 14.1. The minimum atomic E-state index is 0.160. The monoisotopic (exact) mass is 418 g/mol. The molecule has 1 aromatic heterocycles. The number of carbonyl (C=O) groups excluding carboxylic acids is 1. The molecule has 0 radical (unpaired) electrons. The van der Waals surface area contributed by atoms with Crippen LogP contribution in [0.4, 0.5) is 5.69 Å². The Hall–Kier alpha value is -2.86. The number of thioether (sulfide) groups is 1. The molecule has 0 unspecified atom stereocenters. The first-order valence-corrected chi connectivity index (χ1v) is 11.2. The number of hydrogen-bond donors (Lipinski definition) is 0. The van der Waals surface area contributed by atoms with Gasteiger partial charge in [0.1, 0.15) is 5.03 Å². The van der Waals surface area contributed by atoms with Crippen LogP contribution in [0, 0.1) is 13.8 Å². The lowest BCUT2D eigenvalue weighted by Crippen LogP contribution is -2.49. The van der Waals surface area contributed by atoms with Gasteiger partial charge in [0.05, 0.1) is 11.4 Å². The SMILES string of the molecule is Cc1ccc(-c2ccc(SCC(=O)N3CCN(c4ccccc4)CC3)nn2)cc1C. The van der Waals surface area contributed by atoms with E-state index in [0.29, 0.717) is 5.75 Å². The largest absolute Gasteiger partial charge is 0.368 e. The van der Waals surface area contributed by atoms with Gasteiger partial charge >= 0.3 is 0 Å². The van der Waals surface area contributed by atoms with E-state index >= 15 is 0 Å². The van der Waals surface area contributed by atoms with E-state index < -0.39 is 0 Å². The first-order valence-electron chi connectivity index (χ1n) is 10.2. The van der Waals surface area contributed by atoms with Crippen molar-refractivity contribution in [3.8, 4) is 11.3 Å². The van der Waals surface area contributed by atoms with Crippen LogP contribution in [-0.2, 0) is 4.79 Å². The van der Waals surface area contributed by atoms with Gasteiger partial charge in [0, 0.05) is 37.4 Å². The number of aromatic nitrogens is 2. The molecule has 1 saturated heterocycles. The van der Waals surface area contributed by atoms with Crippen LogP contribution < -0.4 is 4.90 Å². The Morgan fingerprint density at radius 1 is 0.900 bits per heavy atom. The highest BCUT2D eigenvalue weighted by Gasteiger charge is 2.21. The Labute approximate surface area is 182 Å². The highest BCUT2D eigenvalue weighted by atomic mass is 32.2. The summed E-state index contributed by atoms with van der Waals surface area (Å²) in [6, 6.07) is 20.6. The lowest BCUT2D eigenvalue weighted by atomic mass is 10.0. The maximum Gasteiger partial charge on any atom is 0.233 e. The standard InChI is InChI=1S/C24H26N4OS/c1-18-8-9-20(16-19(18)2)22-10-11-23(26-25-22)30-17-24(29)28-14-12-27(13-15-28)21-6-4-3-5-7-21/h3-11,16H,12-15,17H2,1-2H3. The molecule has 0 atom stereocenters. The molecule has 2 heterocycles. The van der Waals surface area contributed by atoms with Gasteiger partial charge in [-0.05, 0) is 55.3 Å². The Bertz CT molecular complexity index is 999. The van der Waals surface area contributed by atoms with E-state index in [2.05, 4.69) is 71.4 Å². The predicted octanol–water partition coefficient (Wildman–Crippen LogP) is 4.20. The molecular weight excluding hydrogens is 392 g/mol. The molecular formula is C24H26N4OS. The molecule has 2 aromatic carbocycles. The fraction of sp³-hybridized carbons (Fsp3) is 0.292. The molecule has 6 heteroatoms. The van der Waals surface area contributed by atoms with E-state index in [9.17, 15) is 4.79 Å².